The fourth-order valence-corrected chi connectivity index (χ4v) is 2.26. The van der Waals surface area contributed by atoms with E-state index < -0.39 is 6.04 Å². The van der Waals surface area contributed by atoms with E-state index in [1.807, 2.05) is 0 Å². The van der Waals surface area contributed by atoms with Crippen LogP contribution in [-0.2, 0) is 9.59 Å². The maximum absolute atomic E-state index is 12.2. The van der Waals surface area contributed by atoms with Crippen molar-refractivity contribution in [2.45, 2.75) is 25.8 Å². The minimum Gasteiger partial charge on any atom is -0.292 e. The molecule has 1 atom stereocenters. The normalized spacial score (nSPS) is 17.1. The maximum atomic E-state index is 12.2. The molecule has 0 saturated carbocycles. The second-order valence-electron chi connectivity index (χ2n) is 4.20. The van der Waals surface area contributed by atoms with Gasteiger partial charge < -0.3 is 0 Å². The van der Waals surface area contributed by atoms with Crippen molar-refractivity contribution >= 4 is 33.5 Å². The third-order valence-corrected chi connectivity index (χ3v) is 3.51. The molecule has 0 N–H and O–H groups in total. The molecule has 0 spiro atoms. The number of halogens is 1. The Bertz CT molecular complexity index is 493. The van der Waals surface area contributed by atoms with Crippen LogP contribution in [0.2, 0.25) is 0 Å². The molecule has 1 aliphatic heterocycles. The van der Waals surface area contributed by atoms with Crippen molar-refractivity contribution in [3.8, 4) is 0 Å². The first-order valence-electron chi connectivity index (χ1n) is 5.65. The third kappa shape index (κ3) is 2.36. The van der Waals surface area contributed by atoms with Crippen LogP contribution in [0.5, 0.6) is 0 Å². The monoisotopic (exact) mass is 309 g/mol. The summed E-state index contributed by atoms with van der Waals surface area (Å²) in [5, 5.41) is 0. The fraction of sp³-hybridized carbons (Fsp3) is 0.308. The number of benzene rings is 1. The van der Waals surface area contributed by atoms with Crippen molar-refractivity contribution in [2.24, 2.45) is 0 Å². The highest BCUT2D eigenvalue weighted by molar-refractivity contribution is 9.10. The van der Waals surface area contributed by atoms with Crippen LogP contribution in [-0.4, -0.2) is 28.5 Å². The first kappa shape index (κ1) is 13.0. The summed E-state index contributed by atoms with van der Waals surface area (Å²) in [6.45, 7) is 1.59. The second-order valence-corrected chi connectivity index (χ2v) is 5.12. The average molecular weight is 310 g/mol. The van der Waals surface area contributed by atoms with Gasteiger partial charge in [-0.2, -0.15) is 0 Å². The minimum atomic E-state index is -0.728. The first-order valence-corrected chi connectivity index (χ1v) is 6.44. The Morgan fingerprint density at radius 3 is 2.17 bits per heavy atom. The SMILES string of the molecule is CC(C(=O)c1ccc(Br)cc1)N1C(=O)CCC1=O. The summed E-state index contributed by atoms with van der Waals surface area (Å²) in [4.78, 5) is 36.4. The van der Waals surface area contributed by atoms with Crippen LogP contribution in [0.3, 0.4) is 0 Å². The van der Waals surface area contributed by atoms with E-state index in [1.54, 1.807) is 31.2 Å². The Morgan fingerprint density at radius 2 is 1.67 bits per heavy atom. The largest absolute Gasteiger partial charge is 0.292 e. The van der Waals surface area contributed by atoms with Crippen LogP contribution >= 0.6 is 15.9 Å². The van der Waals surface area contributed by atoms with E-state index in [0.29, 0.717) is 5.56 Å². The van der Waals surface area contributed by atoms with Gasteiger partial charge in [-0.1, -0.05) is 28.1 Å². The number of carbonyl (C=O) groups is 3. The first-order chi connectivity index (χ1) is 8.50. The number of ketones is 1. The molecule has 94 valence electrons. The summed E-state index contributed by atoms with van der Waals surface area (Å²) < 4.78 is 0.875. The van der Waals surface area contributed by atoms with Crippen molar-refractivity contribution in [3.63, 3.8) is 0 Å². The number of hydrogen-bond donors (Lipinski definition) is 0. The van der Waals surface area contributed by atoms with E-state index in [1.165, 1.54) is 0 Å². The van der Waals surface area contributed by atoms with Crippen molar-refractivity contribution in [1.29, 1.82) is 0 Å². The summed E-state index contributed by atoms with van der Waals surface area (Å²) in [5.74, 6) is -0.748. The number of likely N-dealkylation sites (tertiary alicyclic amines) is 1. The molecular formula is C13H12BrNO3. The van der Waals surface area contributed by atoms with E-state index in [9.17, 15) is 14.4 Å². The maximum Gasteiger partial charge on any atom is 0.230 e. The summed E-state index contributed by atoms with van der Waals surface area (Å²) in [7, 11) is 0. The molecule has 4 nitrogen and oxygen atoms in total. The van der Waals surface area contributed by atoms with Gasteiger partial charge in [0.25, 0.3) is 0 Å². The lowest BCUT2D eigenvalue weighted by molar-refractivity contribution is -0.139. The molecular weight excluding hydrogens is 298 g/mol. The molecule has 18 heavy (non-hydrogen) atoms. The lowest BCUT2D eigenvalue weighted by Gasteiger charge is -2.21. The van der Waals surface area contributed by atoms with Crippen LogP contribution < -0.4 is 0 Å². The molecule has 5 heteroatoms. The van der Waals surface area contributed by atoms with Gasteiger partial charge in [-0.3, -0.25) is 19.3 Å². The molecule has 0 radical (unpaired) electrons. The van der Waals surface area contributed by atoms with Gasteiger partial charge in [0.2, 0.25) is 11.8 Å². The molecule has 1 aromatic carbocycles. The molecule has 0 aromatic heterocycles. The van der Waals surface area contributed by atoms with Crippen LogP contribution in [0.25, 0.3) is 0 Å². The highest BCUT2D eigenvalue weighted by atomic mass is 79.9. The zero-order chi connectivity index (χ0) is 13.3. The number of amides is 2. The predicted octanol–water partition coefficient (Wildman–Crippen LogP) is 2.17. The molecule has 1 fully saturated rings. The Balaban J connectivity index is 2.21. The van der Waals surface area contributed by atoms with E-state index in [0.717, 1.165) is 9.37 Å². The van der Waals surface area contributed by atoms with Crippen molar-refractivity contribution in [2.75, 3.05) is 0 Å². The highest BCUT2D eigenvalue weighted by Gasteiger charge is 2.36. The zero-order valence-electron chi connectivity index (χ0n) is 9.85. The van der Waals surface area contributed by atoms with Gasteiger partial charge in [0.1, 0.15) is 0 Å². The third-order valence-electron chi connectivity index (χ3n) is 2.99. The molecule has 2 rings (SSSR count). The van der Waals surface area contributed by atoms with Crippen molar-refractivity contribution in [1.82, 2.24) is 4.90 Å². The smallest absolute Gasteiger partial charge is 0.230 e. The van der Waals surface area contributed by atoms with Gasteiger partial charge >= 0.3 is 0 Å². The van der Waals surface area contributed by atoms with Crippen molar-refractivity contribution in [3.05, 3.63) is 34.3 Å². The fourth-order valence-electron chi connectivity index (χ4n) is 2.00. The van der Waals surface area contributed by atoms with Crippen LogP contribution in [0, 0.1) is 0 Å². The molecule has 1 heterocycles. The Morgan fingerprint density at radius 1 is 1.17 bits per heavy atom. The van der Waals surface area contributed by atoms with E-state index >= 15 is 0 Å². The molecule has 2 amide bonds. The summed E-state index contributed by atoms with van der Waals surface area (Å²) in [6, 6.07) is 6.14. The summed E-state index contributed by atoms with van der Waals surface area (Å²) in [5.41, 5.74) is 0.498. The lowest BCUT2D eigenvalue weighted by atomic mass is 10.0. The highest BCUT2D eigenvalue weighted by Crippen LogP contribution is 2.19. The van der Waals surface area contributed by atoms with E-state index in [4.69, 9.17) is 0 Å². The van der Waals surface area contributed by atoms with Crippen LogP contribution in [0.1, 0.15) is 30.1 Å². The van der Waals surface area contributed by atoms with Crippen LogP contribution in [0.15, 0.2) is 28.7 Å². The zero-order valence-corrected chi connectivity index (χ0v) is 11.4. The Labute approximate surface area is 113 Å². The van der Waals surface area contributed by atoms with E-state index in [-0.39, 0.29) is 30.4 Å². The number of nitrogens with zero attached hydrogens (tertiary/aromatic N) is 1. The molecule has 1 saturated heterocycles. The Hall–Kier alpha value is -1.49. The predicted molar refractivity (Wildman–Crippen MR) is 69.0 cm³/mol. The number of Topliss-reactive ketones (excluding diaryl/α,β-unsaturated/α-hetero) is 1. The number of rotatable bonds is 3. The molecule has 1 aliphatic rings. The average Bonchev–Trinajstić information content (AvgIpc) is 2.68. The quantitative estimate of drug-likeness (QED) is 0.635. The second kappa shape index (κ2) is 5.02. The molecule has 0 aliphatic carbocycles. The number of carbonyl (C=O) groups excluding carboxylic acids is 3. The lowest BCUT2D eigenvalue weighted by Crippen LogP contribution is -2.42. The van der Waals surface area contributed by atoms with Crippen LogP contribution in [0.4, 0.5) is 0 Å². The van der Waals surface area contributed by atoms with E-state index in [2.05, 4.69) is 15.9 Å². The minimum absolute atomic E-state index is 0.205. The van der Waals surface area contributed by atoms with Gasteiger partial charge in [-0.05, 0) is 19.1 Å². The molecule has 1 unspecified atom stereocenters. The summed E-state index contributed by atoms with van der Waals surface area (Å²) >= 11 is 3.29. The summed E-state index contributed by atoms with van der Waals surface area (Å²) in [6.07, 6.45) is 0.410. The standard InChI is InChI=1S/C13H12BrNO3/c1-8(15-11(16)6-7-12(15)17)13(18)9-2-4-10(14)5-3-9/h2-5,8H,6-7H2,1H3. The molecule has 1 aromatic rings. The molecule has 0 bridgehead atoms. The van der Waals surface area contributed by atoms with Gasteiger partial charge in [0.05, 0.1) is 6.04 Å². The number of hydrogen-bond acceptors (Lipinski definition) is 3. The van der Waals surface area contributed by atoms with Gasteiger partial charge in [0.15, 0.2) is 5.78 Å². The van der Waals surface area contributed by atoms with Gasteiger partial charge in [-0.15, -0.1) is 0 Å². The van der Waals surface area contributed by atoms with Crippen molar-refractivity contribution < 1.29 is 14.4 Å². The Kier molecular flexibility index (Phi) is 3.61. The topological polar surface area (TPSA) is 54.5 Å². The van der Waals surface area contributed by atoms with Gasteiger partial charge in [-0.25, -0.2) is 0 Å². The van der Waals surface area contributed by atoms with Gasteiger partial charge in [0, 0.05) is 22.9 Å². The number of imide groups is 1.